The molecule has 0 bridgehead atoms. The van der Waals surface area contributed by atoms with Gasteiger partial charge in [-0.25, -0.2) is 13.7 Å². The summed E-state index contributed by atoms with van der Waals surface area (Å²) in [5, 5.41) is 3.42. The van der Waals surface area contributed by atoms with E-state index >= 15 is 0 Å². The van der Waals surface area contributed by atoms with Crippen LogP contribution in [0.4, 0.5) is 20.2 Å². The molecule has 1 N–H and O–H groups in total. The molecule has 8 heteroatoms. The lowest BCUT2D eigenvalue weighted by molar-refractivity contribution is -0.120. The third kappa shape index (κ3) is 3.71. The number of halogens is 3. The Hall–Kier alpha value is -3.71. The third-order valence-corrected chi connectivity index (χ3v) is 5.46. The van der Waals surface area contributed by atoms with Crippen molar-refractivity contribution in [3.05, 3.63) is 94.1 Å². The van der Waals surface area contributed by atoms with Gasteiger partial charge < -0.3 is 10.1 Å². The van der Waals surface area contributed by atoms with Crippen LogP contribution in [0.5, 0.6) is 5.75 Å². The largest absolute Gasteiger partial charge is 0.496 e. The van der Waals surface area contributed by atoms with Crippen molar-refractivity contribution in [1.29, 1.82) is 0 Å². The number of carbonyl (C=O) groups excluding carboxylic acids is 2. The summed E-state index contributed by atoms with van der Waals surface area (Å²) in [5.41, 5.74) is 1.20. The summed E-state index contributed by atoms with van der Waals surface area (Å²) in [6.45, 7) is 1.83. The number of nitrogens with one attached hydrogen (secondary N) is 1. The van der Waals surface area contributed by atoms with Gasteiger partial charge in [0.25, 0.3) is 11.8 Å². The molecule has 0 fully saturated rings. The van der Waals surface area contributed by atoms with Crippen molar-refractivity contribution in [3.63, 3.8) is 0 Å². The maximum absolute atomic E-state index is 14.5. The first-order chi connectivity index (χ1) is 15.3. The molecule has 0 radical (unpaired) electrons. The van der Waals surface area contributed by atoms with Gasteiger partial charge >= 0.3 is 0 Å². The van der Waals surface area contributed by atoms with Crippen molar-refractivity contribution in [2.45, 2.75) is 6.92 Å². The van der Waals surface area contributed by atoms with Crippen LogP contribution < -0.4 is 15.0 Å². The molecule has 162 valence electrons. The van der Waals surface area contributed by atoms with Crippen LogP contribution in [0.1, 0.15) is 11.1 Å². The molecule has 0 saturated heterocycles. The molecule has 1 heterocycles. The Morgan fingerprint density at radius 2 is 1.72 bits per heavy atom. The number of hydrogen-bond acceptors (Lipinski definition) is 4. The Morgan fingerprint density at radius 3 is 2.41 bits per heavy atom. The number of nitrogens with zero attached hydrogens (tertiary/aromatic N) is 1. The molecule has 0 aliphatic carbocycles. The van der Waals surface area contributed by atoms with E-state index in [1.54, 1.807) is 42.5 Å². The zero-order valence-corrected chi connectivity index (χ0v) is 17.8. The highest BCUT2D eigenvalue weighted by Gasteiger charge is 2.42. The highest BCUT2D eigenvalue weighted by atomic mass is 35.5. The fraction of sp³-hybridized carbons (Fsp3) is 0.0833. The Morgan fingerprint density at radius 1 is 0.969 bits per heavy atom. The molecular formula is C24H17ClF2N2O3. The molecule has 4 rings (SSSR count). The van der Waals surface area contributed by atoms with Gasteiger partial charge in [-0.3, -0.25) is 9.59 Å². The fourth-order valence-electron chi connectivity index (χ4n) is 3.44. The number of benzene rings is 3. The Balaban J connectivity index is 1.88. The fourth-order valence-corrected chi connectivity index (χ4v) is 3.62. The van der Waals surface area contributed by atoms with Crippen LogP contribution in [0, 0.1) is 18.6 Å². The lowest BCUT2D eigenvalue weighted by atomic mass is 10.0. The number of methoxy groups -OCH3 is 1. The van der Waals surface area contributed by atoms with E-state index in [0.29, 0.717) is 33.0 Å². The number of imide groups is 1. The summed E-state index contributed by atoms with van der Waals surface area (Å²) in [4.78, 5) is 27.4. The third-order valence-electron chi connectivity index (χ3n) is 5.05. The number of para-hydroxylation sites is 1. The first-order valence-corrected chi connectivity index (χ1v) is 9.94. The van der Waals surface area contributed by atoms with Gasteiger partial charge in [-0.05, 0) is 42.8 Å². The number of anilines is 2. The topological polar surface area (TPSA) is 58.6 Å². The molecule has 1 aliphatic heterocycles. The van der Waals surface area contributed by atoms with Crippen molar-refractivity contribution in [3.8, 4) is 5.75 Å². The molecule has 0 unspecified atom stereocenters. The predicted molar refractivity (Wildman–Crippen MR) is 119 cm³/mol. The lowest BCUT2D eigenvalue weighted by Crippen LogP contribution is -2.33. The van der Waals surface area contributed by atoms with Crippen LogP contribution in [0.2, 0.25) is 5.02 Å². The maximum Gasteiger partial charge on any atom is 0.282 e. The minimum atomic E-state index is -1.04. The van der Waals surface area contributed by atoms with E-state index in [4.69, 9.17) is 16.3 Å². The van der Waals surface area contributed by atoms with Crippen molar-refractivity contribution in [2.24, 2.45) is 0 Å². The molecule has 1 aliphatic rings. The van der Waals surface area contributed by atoms with E-state index in [1.165, 1.54) is 7.11 Å². The van der Waals surface area contributed by atoms with Crippen molar-refractivity contribution >= 4 is 40.4 Å². The minimum absolute atomic E-state index is 0.00660. The minimum Gasteiger partial charge on any atom is -0.496 e. The molecule has 2 amide bonds. The average molecular weight is 455 g/mol. The Kier molecular flexibility index (Phi) is 5.67. The summed E-state index contributed by atoms with van der Waals surface area (Å²) in [6, 6.07) is 14.4. The second kappa shape index (κ2) is 8.43. The molecule has 5 nitrogen and oxygen atoms in total. The summed E-state index contributed by atoms with van der Waals surface area (Å²) in [6.07, 6.45) is 0. The van der Waals surface area contributed by atoms with E-state index < -0.39 is 23.4 Å². The second-order valence-corrected chi connectivity index (χ2v) is 7.49. The van der Waals surface area contributed by atoms with E-state index in [9.17, 15) is 18.4 Å². The van der Waals surface area contributed by atoms with Crippen molar-refractivity contribution in [1.82, 2.24) is 0 Å². The van der Waals surface area contributed by atoms with Crippen LogP contribution >= 0.6 is 11.6 Å². The van der Waals surface area contributed by atoms with Gasteiger partial charge in [0, 0.05) is 22.3 Å². The van der Waals surface area contributed by atoms with Crippen LogP contribution in [0.25, 0.3) is 5.57 Å². The molecule has 0 aromatic heterocycles. The SMILES string of the molecule is COc1ccccc1C1=C(Nc2ccc(C)c(Cl)c2)C(=O)N(c2ccc(F)cc2F)C1=O. The normalized spacial score (nSPS) is 13.7. The highest BCUT2D eigenvalue weighted by molar-refractivity contribution is 6.46. The average Bonchev–Trinajstić information content (AvgIpc) is 3.00. The zero-order chi connectivity index (χ0) is 23.0. The summed E-state index contributed by atoms with van der Waals surface area (Å²) in [7, 11) is 1.44. The maximum atomic E-state index is 14.5. The molecular weight excluding hydrogens is 438 g/mol. The van der Waals surface area contributed by atoms with Crippen molar-refractivity contribution in [2.75, 3.05) is 17.3 Å². The molecule has 0 saturated carbocycles. The van der Waals surface area contributed by atoms with Crippen LogP contribution in [0.15, 0.2) is 66.4 Å². The van der Waals surface area contributed by atoms with Gasteiger partial charge in [0.1, 0.15) is 23.1 Å². The van der Waals surface area contributed by atoms with E-state index in [0.717, 1.165) is 17.7 Å². The van der Waals surface area contributed by atoms with E-state index in [-0.39, 0.29) is 17.0 Å². The molecule has 3 aromatic carbocycles. The van der Waals surface area contributed by atoms with Crippen molar-refractivity contribution < 1.29 is 23.1 Å². The van der Waals surface area contributed by atoms with Gasteiger partial charge in [-0.1, -0.05) is 35.9 Å². The second-order valence-electron chi connectivity index (χ2n) is 7.08. The molecule has 0 spiro atoms. The molecule has 32 heavy (non-hydrogen) atoms. The van der Waals surface area contributed by atoms with Gasteiger partial charge in [0.2, 0.25) is 0 Å². The monoisotopic (exact) mass is 454 g/mol. The summed E-state index contributed by atoms with van der Waals surface area (Å²) in [5.74, 6) is -3.07. The standard InChI is InChI=1S/C24H17ClF2N2O3/c1-13-7-9-15(12-17(13)25)28-22-21(16-5-3-4-6-20(16)32-2)23(30)29(24(22)31)19-10-8-14(26)11-18(19)27/h3-12,28H,1-2H3. The van der Waals surface area contributed by atoms with Gasteiger partial charge in [-0.15, -0.1) is 0 Å². The molecule has 3 aromatic rings. The number of amides is 2. The van der Waals surface area contributed by atoms with Crippen LogP contribution in [0.3, 0.4) is 0 Å². The smallest absolute Gasteiger partial charge is 0.282 e. The lowest BCUT2D eigenvalue weighted by Gasteiger charge is -2.16. The Labute approximate surface area is 187 Å². The number of hydrogen-bond donors (Lipinski definition) is 1. The summed E-state index contributed by atoms with van der Waals surface area (Å²) < 4.78 is 33.3. The van der Waals surface area contributed by atoms with Gasteiger partial charge in [0.05, 0.1) is 18.4 Å². The first kappa shape index (κ1) is 21.5. The van der Waals surface area contributed by atoms with Crippen LogP contribution in [-0.4, -0.2) is 18.9 Å². The quantitative estimate of drug-likeness (QED) is 0.529. The first-order valence-electron chi connectivity index (χ1n) is 9.56. The number of rotatable bonds is 5. The van der Waals surface area contributed by atoms with Crippen LogP contribution in [-0.2, 0) is 9.59 Å². The number of carbonyl (C=O) groups is 2. The number of aryl methyl sites for hydroxylation is 1. The van der Waals surface area contributed by atoms with E-state index in [1.807, 2.05) is 6.92 Å². The summed E-state index contributed by atoms with van der Waals surface area (Å²) >= 11 is 6.20. The van der Waals surface area contributed by atoms with E-state index in [2.05, 4.69) is 5.32 Å². The highest BCUT2D eigenvalue weighted by Crippen LogP contribution is 2.38. The predicted octanol–water partition coefficient (Wildman–Crippen LogP) is 5.33. The van der Waals surface area contributed by atoms with Gasteiger partial charge in [-0.2, -0.15) is 0 Å². The van der Waals surface area contributed by atoms with Gasteiger partial charge in [0.15, 0.2) is 0 Å². The Bertz CT molecular complexity index is 1290. The zero-order valence-electron chi connectivity index (χ0n) is 17.1. The molecule has 0 atom stereocenters. The number of ether oxygens (including phenoxy) is 1.